The Bertz CT molecular complexity index is 673. The molecule has 0 aliphatic carbocycles. The summed E-state index contributed by atoms with van der Waals surface area (Å²) in [7, 11) is 1.62. The molecule has 4 heteroatoms. The molecule has 0 amide bonds. The Balaban J connectivity index is 2.22. The third-order valence-electron chi connectivity index (χ3n) is 2.83. The third-order valence-corrected chi connectivity index (χ3v) is 3.04. The van der Waals surface area contributed by atoms with Crippen molar-refractivity contribution in [3.05, 3.63) is 47.6 Å². The topological polar surface area (TPSA) is 37.9 Å². The maximum absolute atomic E-state index is 5.94. The lowest BCUT2D eigenvalue weighted by molar-refractivity contribution is 0.414. The number of pyridine rings is 1. The van der Waals surface area contributed by atoms with Crippen molar-refractivity contribution < 1.29 is 4.74 Å². The molecule has 2 heterocycles. The van der Waals surface area contributed by atoms with E-state index in [1.54, 1.807) is 13.2 Å². The molecule has 0 saturated heterocycles. The average molecular weight is 259 g/mol. The van der Waals surface area contributed by atoms with Crippen LogP contribution in [0.3, 0.4) is 0 Å². The van der Waals surface area contributed by atoms with Crippen LogP contribution >= 0.6 is 11.6 Å². The Morgan fingerprint density at radius 2 is 2.00 bits per heavy atom. The average Bonchev–Trinajstić information content (AvgIpc) is 2.82. The molecule has 0 bridgehead atoms. The fraction of sp³-hybridized carbons (Fsp3) is 0.0714. The number of para-hydroxylation sites is 1. The van der Waals surface area contributed by atoms with E-state index in [2.05, 4.69) is 9.97 Å². The molecule has 1 aromatic carbocycles. The van der Waals surface area contributed by atoms with Gasteiger partial charge in [0.2, 0.25) is 0 Å². The number of rotatable bonds is 2. The summed E-state index contributed by atoms with van der Waals surface area (Å²) in [6.07, 6.45) is 0. The number of ether oxygens (including phenoxy) is 1. The fourth-order valence-corrected chi connectivity index (χ4v) is 2.13. The zero-order chi connectivity index (χ0) is 12.5. The standard InChI is InChI=1S/C14H11ClN2O/c1-18-12-6-7-13(15)17-14(12)11-8-9-4-2-3-5-10(9)16-11/h2-8,16H,1H3. The molecular weight excluding hydrogens is 248 g/mol. The smallest absolute Gasteiger partial charge is 0.146 e. The van der Waals surface area contributed by atoms with E-state index in [1.807, 2.05) is 36.4 Å². The largest absolute Gasteiger partial charge is 0.494 e. The van der Waals surface area contributed by atoms with Gasteiger partial charge >= 0.3 is 0 Å². The summed E-state index contributed by atoms with van der Waals surface area (Å²) in [6.45, 7) is 0. The number of nitrogens with one attached hydrogen (secondary N) is 1. The number of aromatic amines is 1. The maximum Gasteiger partial charge on any atom is 0.146 e. The molecule has 3 rings (SSSR count). The molecule has 1 N–H and O–H groups in total. The molecule has 3 aromatic rings. The number of aromatic nitrogens is 2. The maximum atomic E-state index is 5.94. The Labute approximate surface area is 109 Å². The van der Waals surface area contributed by atoms with Gasteiger partial charge in [-0.2, -0.15) is 0 Å². The predicted octanol–water partition coefficient (Wildman–Crippen LogP) is 3.89. The van der Waals surface area contributed by atoms with Crippen molar-refractivity contribution in [2.45, 2.75) is 0 Å². The molecule has 0 fully saturated rings. The van der Waals surface area contributed by atoms with E-state index in [-0.39, 0.29) is 0 Å². The summed E-state index contributed by atoms with van der Waals surface area (Å²) in [4.78, 5) is 7.63. The van der Waals surface area contributed by atoms with E-state index in [0.29, 0.717) is 10.9 Å². The number of halogens is 1. The summed E-state index contributed by atoms with van der Waals surface area (Å²) >= 11 is 5.94. The van der Waals surface area contributed by atoms with Gasteiger partial charge in [0.05, 0.1) is 12.8 Å². The highest BCUT2D eigenvalue weighted by Gasteiger charge is 2.11. The van der Waals surface area contributed by atoms with Gasteiger partial charge in [-0.05, 0) is 24.3 Å². The van der Waals surface area contributed by atoms with Crippen molar-refractivity contribution in [3.63, 3.8) is 0 Å². The lowest BCUT2D eigenvalue weighted by Crippen LogP contribution is -1.91. The lowest BCUT2D eigenvalue weighted by atomic mass is 10.2. The van der Waals surface area contributed by atoms with Crippen molar-refractivity contribution in [3.8, 4) is 17.1 Å². The normalized spacial score (nSPS) is 10.8. The van der Waals surface area contributed by atoms with Crippen molar-refractivity contribution >= 4 is 22.5 Å². The van der Waals surface area contributed by atoms with Crippen LogP contribution < -0.4 is 4.74 Å². The fourth-order valence-electron chi connectivity index (χ4n) is 1.98. The number of methoxy groups -OCH3 is 1. The quantitative estimate of drug-likeness (QED) is 0.708. The third kappa shape index (κ3) is 1.83. The van der Waals surface area contributed by atoms with Crippen LogP contribution in [-0.2, 0) is 0 Å². The van der Waals surface area contributed by atoms with Gasteiger partial charge < -0.3 is 9.72 Å². The van der Waals surface area contributed by atoms with Gasteiger partial charge in [0.1, 0.15) is 16.6 Å². The van der Waals surface area contributed by atoms with Crippen molar-refractivity contribution in [1.82, 2.24) is 9.97 Å². The second-order valence-electron chi connectivity index (χ2n) is 3.96. The monoisotopic (exact) mass is 258 g/mol. The highest BCUT2D eigenvalue weighted by atomic mass is 35.5. The molecule has 0 spiro atoms. The van der Waals surface area contributed by atoms with Crippen LogP contribution in [0.2, 0.25) is 5.15 Å². The number of fused-ring (bicyclic) bond motifs is 1. The van der Waals surface area contributed by atoms with Gasteiger partial charge in [0.25, 0.3) is 0 Å². The van der Waals surface area contributed by atoms with E-state index in [4.69, 9.17) is 16.3 Å². The molecule has 0 aliphatic heterocycles. The zero-order valence-corrected chi connectivity index (χ0v) is 10.5. The zero-order valence-electron chi connectivity index (χ0n) is 9.77. The lowest BCUT2D eigenvalue weighted by Gasteiger charge is -2.05. The molecule has 0 atom stereocenters. The van der Waals surface area contributed by atoms with Crippen molar-refractivity contribution in [2.24, 2.45) is 0 Å². The molecule has 18 heavy (non-hydrogen) atoms. The van der Waals surface area contributed by atoms with E-state index < -0.39 is 0 Å². The predicted molar refractivity (Wildman–Crippen MR) is 73.1 cm³/mol. The molecule has 2 aromatic heterocycles. The molecule has 0 unspecified atom stereocenters. The Hall–Kier alpha value is -2.00. The minimum Gasteiger partial charge on any atom is -0.494 e. The number of hydrogen-bond donors (Lipinski definition) is 1. The number of H-pyrrole nitrogens is 1. The number of benzene rings is 1. The van der Waals surface area contributed by atoms with Crippen LogP contribution in [0, 0.1) is 0 Å². The van der Waals surface area contributed by atoms with E-state index in [0.717, 1.165) is 22.3 Å². The SMILES string of the molecule is COc1ccc(Cl)nc1-c1cc2ccccc2[nH]1. The summed E-state index contributed by atoms with van der Waals surface area (Å²) < 4.78 is 5.31. The molecule has 0 aliphatic rings. The first-order valence-corrected chi connectivity index (χ1v) is 5.94. The first-order chi connectivity index (χ1) is 8.78. The number of hydrogen-bond acceptors (Lipinski definition) is 2. The summed E-state index contributed by atoms with van der Waals surface area (Å²) in [6, 6.07) is 13.6. The van der Waals surface area contributed by atoms with Crippen LogP contribution in [-0.4, -0.2) is 17.1 Å². The molecule has 3 nitrogen and oxygen atoms in total. The second-order valence-corrected chi connectivity index (χ2v) is 4.34. The molecule has 0 saturated carbocycles. The van der Waals surface area contributed by atoms with Crippen LogP contribution in [0.25, 0.3) is 22.3 Å². The minimum atomic E-state index is 0.449. The van der Waals surface area contributed by atoms with Gasteiger partial charge in [-0.1, -0.05) is 29.8 Å². The highest BCUT2D eigenvalue weighted by Crippen LogP contribution is 2.30. The van der Waals surface area contributed by atoms with Gasteiger partial charge in [-0.15, -0.1) is 0 Å². The van der Waals surface area contributed by atoms with Crippen molar-refractivity contribution in [2.75, 3.05) is 7.11 Å². The molecule has 0 radical (unpaired) electrons. The first-order valence-electron chi connectivity index (χ1n) is 5.56. The van der Waals surface area contributed by atoms with Crippen LogP contribution in [0.5, 0.6) is 5.75 Å². The van der Waals surface area contributed by atoms with E-state index in [1.165, 1.54) is 0 Å². The van der Waals surface area contributed by atoms with E-state index >= 15 is 0 Å². The van der Waals surface area contributed by atoms with Gasteiger partial charge in [0.15, 0.2) is 0 Å². The number of nitrogens with zero attached hydrogens (tertiary/aromatic N) is 1. The summed E-state index contributed by atoms with van der Waals surface area (Å²) in [5.74, 6) is 0.700. The first kappa shape index (κ1) is 11.1. The van der Waals surface area contributed by atoms with Crippen molar-refractivity contribution in [1.29, 1.82) is 0 Å². The van der Waals surface area contributed by atoms with E-state index in [9.17, 15) is 0 Å². The minimum absolute atomic E-state index is 0.449. The Kier molecular flexibility index (Phi) is 2.68. The highest BCUT2D eigenvalue weighted by molar-refractivity contribution is 6.29. The van der Waals surface area contributed by atoms with Gasteiger partial charge in [-0.3, -0.25) is 0 Å². The van der Waals surface area contributed by atoms with Crippen LogP contribution in [0.4, 0.5) is 0 Å². The van der Waals surface area contributed by atoms with Crippen LogP contribution in [0.15, 0.2) is 42.5 Å². The van der Waals surface area contributed by atoms with Gasteiger partial charge in [0, 0.05) is 10.9 Å². The summed E-state index contributed by atoms with van der Waals surface area (Å²) in [5.41, 5.74) is 2.69. The van der Waals surface area contributed by atoms with Crippen LogP contribution in [0.1, 0.15) is 0 Å². The molecule has 90 valence electrons. The second kappa shape index (κ2) is 4.35. The Morgan fingerprint density at radius 1 is 1.17 bits per heavy atom. The van der Waals surface area contributed by atoms with Gasteiger partial charge in [-0.25, -0.2) is 4.98 Å². The Morgan fingerprint density at radius 3 is 2.78 bits per heavy atom. The molecular formula is C14H11ClN2O. The summed E-state index contributed by atoms with van der Waals surface area (Å²) in [5, 5.41) is 1.58.